The van der Waals surface area contributed by atoms with Crippen LogP contribution in [0.4, 0.5) is 0 Å². The zero-order chi connectivity index (χ0) is 9.26. The van der Waals surface area contributed by atoms with Gasteiger partial charge < -0.3 is 0 Å². The normalized spacial score (nSPS) is 26.4. The van der Waals surface area contributed by atoms with Gasteiger partial charge in [-0.1, -0.05) is 44.2 Å². The molecule has 1 heteroatoms. The van der Waals surface area contributed by atoms with Gasteiger partial charge in [-0.3, -0.25) is 0 Å². The first-order valence-corrected chi connectivity index (χ1v) is 5.92. The summed E-state index contributed by atoms with van der Waals surface area (Å²) in [5.74, 6) is 0.841. The van der Waals surface area contributed by atoms with Crippen LogP contribution in [0.3, 0.4) is 0 Å². The van der Waals surface area contributed by atoms with Crippen LogP contribution in [0.1, 0.15) is 31.7 Å². The van der Waals surface area contributed by atoms with Gasteiger partial charge in [0, 0.05) is 5.25 Å². The van der Waals surface area contributed by atoms with Crippen molar-refractivity contribution < 1.29 is 0 Å². The standard InChI is InChI=1S/C12H16S/c1-9(2)13-12-8-11(12)10-6-4-3-5-7-10/h3-7,9,11-12H,8H2,1-2H3. The Kier molecular flexibility index (Phi) is 2.63. The predicted octanol–water partition coefficient (Wildman–Crippen LogP) is 3.68. The lowest BCUT2D eigenvalue weighted by molar-refractivity contribution is 1.09. The number of benzene rings is 1. The molecular weight excluding hydrogens is 176 g/mol. The third-order valence-corrected chi connectivity index (χ3v) is 3.82. The topological polar surface area (TPSA) is 0 Å². The van der Waals surface area contributed by atoms with Crippen LogP contribution in [0.25, 0.3) is 0 Å². The fourth-order valence-electron chi connectivity index (χ4n) is 1.72. The van der Waals surface area contributed by atoms with E-state index in [0.717, 1.165) is 16.4 Å². The Bertz CT molecular complexity index is 266. The van der Waals surface area contributed by atoms with E-state index in [9.17, 15) is 0 Å². The molecule has 0 radical (unpaired) electrons. The number of hydrogen-bond donors (Lipinski definition) is 0. The van der Waals surface area contributed by atoms with Crippen molar-refractivity contribution in [1.82, 2.24) is 0 Å². The minimum Gasteiger partial charge on any atom is -0.155 e. The molecule has 0 spiro atoms. The molecule has 0 aliphatic heterocycles. The minimum atomic E-state index is 0.777. The van der Waals surface area contributed by atoms with E-state index >= 15 is 0 Å². The highest BCUT2D eigenvalue weighted by atomic mass is 32.2. The van der Waals surface area contributed by atoms with Gasteiger partial charge >= 0.3 is 0 Å². The van der Waals surface area contributed by atoms with Gasteiger partial charge in [0.1, 0.15) is 0 Å². The Morgan fingerprint density at radius 2 is 1.92 bits per heavy atom. The summed E-state index contributed by atoms with van der Waals surface area (Å²) < 4.78 is 0. The largest absolute Gasteiger partial charge is 0.155 e. The zero-order valence-electron chi connectivity index (χ0n) is 8.23. The van der Waals surface area contributed by atoms with Gasteiger partial charge in [-0.15, -0.1) is 0 Å². The fraction of sp³-hybridized carbons (Fsp3) is 0.500. The highest BCUT2D eigenvalue weighted by Gasteiger charge is 2.38. The molecule has 0 N–H and O–H groups in total. The van der Waals surface area contributed by atoms with E-state index in [2.05, 4.69) is 55.9 Å². The van der Waals surface area contributed by atoms with Crippen LogP contribution in [-0.4, -0.2) is 10.5 Å². The summed E-state index contributed by atoms with van der Waals surface area (Å²) in [6.45, 7) is 4.57. The molecule has 0 bridgehead atoms. The first kappa shape index (κ1) is 9.14. The molecule has 70 valence electrons. The molecule has 2 unspecified atom stereocenters. The van der Waals surface area contributed by atoms with E-state index in [1.165, 1.54) is 12.0 Å². The lowest BCUT2D eigenvalue weighted by Crippen LogP contribution is -1.91. The molecule has 1 fully saturated rings. The summed E-state index contributed by atoms with van der Waals surface area (Å²) >= 11 is 2.12. The summed E-state index contributed by atoms with van der Waals surface area (Å²) in [6, 6.07) is 10.9. The Labute approximate surface area is 84.7 Å². The predicted molar refractivity (Wildman–Crippen MR) is 60.3 cm³/mol. The van der Waals surface area contributed by atoms with Gasteiger partial charge in [0.05, 0.1) is 0 Å². The van der Waals surface area contributed by atoms with Crippen LogP contribution in [0.15, 0.2) is 30.3 Å². The molecule has 2 atom stereocenters. The van der Waals surface area contributed by atoms with E-state index < -0.39 is 0 Å². The van der Waals surface area contributed by atoms with Crippen LogP contribution in [-0.2, 0) is 0 Å². The van der Waals surface area contributed by atoms with Crippen molar-refractivity contribution in [3.05, 3.63) is 35.9 Å². The van der Waals surface area contributed by atoms with Crippen LogP contribution in [0.2, 0.25) is 0 Å². The van der Waals surface area contributed by atoms with Crippen molar-refractivity contribution in [2.24, 2.45) is 0 Å². The van der Waals surface area contributed by atoms with Crippen molar-refractivity contribution in [3.63, 3.8) is 0 Å². The number of thioether (sulfide) groups is 1. The van der Waals surface area contributed by atoms with Gasteiger partial charge in [0.15, 0.2) is 0 Å². The Morgan fingerprint density at radius 1 is 1.23 bits per heavy atom. The van der Waals surface area contributed by atoms with Crippen LogP contribution >= 0.6 is 11.8 Å². The van der Waals surface area contributed by atoms with Crippen molar-refractivity contribution in [3.8, 4) is 0 Å². The van der Waals surface area contributed by atoms with Gasteiger partial charge in [0.25, 0.3) is 0 Å². The minimum absolute atomic E-state index is 0.777. The van der Waals surface area contributed by atoms with E-state index in [0.29, 0.717) is 0 Å². The van der Waals surface area contributed by atoms with Crippen LogP contribution in [0, 0.1) is 0 Å². The van der Waals surface area contributed by atoms with E-state index in [4.69, 9.17) is 0 Å². The van der Waals surface area contributed by atoms with Gasteiger partial charge in [-0.2, -0.15) is 11.8 Å². The summed E-state index contributed by atoms with van der Waals surface area (Å²) in [5.41, 5.74) is 1.53. The summed E-state index contributed by atoms with van der Waals surface area (Å²) in [5, 5.41) is 1.67. The van der Waals surface area contributed by atoms with E-state index in [-0.39, 0.29) is 0 Å². The smallest absolute Gasteiger partial charge is 0.0125 e. The molecule has 0 heterocycles. The molecule has 1 saturated carbocycles. The molecule has 1 aromatic rings. The van der Waals surface area contributed by atoms with Crippen molar-refractivity contribution in [1.29, 1.82) is 0 Å². The SMILES string of the molecule is CC(C)SC1CC1c1ccccc1. The van der Waals surface area contributed by atoms with Gasteiger partial charge in [-0.25, -0.2) is 0 Å². The molecule has 1 aromatic carbocycles. The molecular formula is C12H16S. The maximum atomic E-state index is 2.28. The average molecular weight is 192 g/mol. The van der Waals surface area contributed by atoms with Crippen LogP contribution in [0.5, 0.6) is 0 Å². The summed E-state index contributed by atoms with van der Waals surface area (Å²) in [6.07, 6.45) is 1.38. The third kappa shape index (κ3) is 2.28. The second-order valence-corrected chi connectivity index (χ2v) is 5.80. The first-order valence-electron chi connectivity index (χ1n) is 4.98. The molecule has 1 aliphatic rings. The van der Waals surface area contributed by atoms with Crippen LogP contribution < -0.4 is 0 Å². The molecule has 13 heavy (non-hydrogen) atoms. The van der Waals surface area contributed by atoms with E-state index in [1.807, 2.05) is 0 Å². The first-order chi connectivity index (χ1) is 6.27. The molecule has 1 aliphatic carbocycles. The highest BCUT2D eigenvalue weighted by molar-refractivity contribution is 8.00. The Morgan fingerprint density at radius 3 is 2.54 bits per heavy atom. The third-order valence-electron chi connectivity index (χ3n) is 2.41. The molecule has 2 rings (SSSR count). The molecule has 0 nitrogen and oxygen atoms in total. The quantitative estimate of drug-likeness (QED) is 0.704. The molecule has 0 amide bonds. The highest BCUT2D eigenvalue weighted by Crippen LogP contribution is 2.50. The van der Waals surface area contributed by atoms with E-state index in [1.54, 1.807) is 0 Å². The Hall–Kier alpha value is -0.430. The van der Waals surface area contributed by atoms with Crippen molar-refractivity contribution >= 4 is 11.8 Å². The lowest BCUT2D eigenvalue weighted by atomic mass is 10.1. The monoisotopic (exact) mass is 192 g/mol. The van der Waals surface area contributed by atoms with Crippen molar-refractivity contribution in [2.75, 3.05) is 0 Å². The molecule has 0 aromatic heterocycles. The average Bonchev–Trinajstić information content (AvgIpc) is 2.84. The second kappa shape index (κ2) is 3.75. The number of rotatable bonds is 3. The maximum Gasteiger partial charge on any atom is 0.0125 e. The summed E-state index contributed by atoms with van der Waals surface area (Å²) in [4.78, 5) is 0. The zero-order valence-corrected chi connectivity index (χ0v) is 9.05. The second-order valence-electron chi connectivity index (χ2n) is 3.98. The van der Waals surface area contributed by atoms with Gasteiger partial charge in [-0.05, 0) is 23.2 Å². The lowest BCUT2D eigenvalue weighted by Gasteiger charge is -2.03. The van der Waals surface area contributed by atoms with Gasteiger partial charge in [0.2, 0.25) is 0 Å². The Balaban J connectivity index is 1.93. The summed E-state index contributed by atoms with van der Waals surface area (Å²) in [7, 11) is 0. The maximum absolute atomic E-state index is 2.28. The fourth-order valence-corrected chi connectivity index (χ4v) is 3.09. The van der Waals surface area contributed by atoms with Crippen molar-refractivity contribution in [2.45, 2.75) is 36.7 Å². The molecule has 0 saturated heterocycles. The number of hydrogen-bond acceptors (Lipinski definition) is 1.